The number of carboxylic acid groups (broad SMARTS) is 1. The van der Waals surface area contributed by atoms with Crippen molar-refractivity contribution in [3.8, 4) is 22.5 Å². The maximum absolute atomic E-state index is 13.4. The number of likely N-dealkylation sites (N-methyl/N-ethyl adjacent to an activating group) is 1. The summed E-state index contributed by atoms with van der Waals surface area (Å²) < 4.78 is 9.46. The summed E-state index contributed by atoms with van der Waals surface area (Å²) >= 11 is 1.42. The van der Waals surface area contributed by atoms with Crippen molar-refractivity contribution in [2.45, 2.75) is 65.5 Å². The van der Waals surface area contributed by atoms with Crippen LogP contribution in [0.3, 0.4) is 0 Å². The van der Waals surface area contributed by atoms with E-state index in [2.05, 4.69) is 44.1 Å². The molecule has 2 bridgehead atoms. The second-order valence-electron chi connectivity index (χ2n) is 15.6. The highest BCUT2D eigenvalue weighted by atomic mass is 32.1. The van der Waals surface area contributed by atoms with Crippen LogP contribution in [0.2, 0.25) is 0 Å². The first kappa shape index (κ1) is 35.1. The molecule has 4 heterocycles. The van der Waals surface area contributed by atoms with Gasteiger partial charge in [0.2, 0.25) is 0 Å². The number of rotatable bonds is 11. The van der Waals surface area contributed by atoms with E-state index in [9.17, 15) is 14.7 Å². The fraction of sp³-hybridized carbons (Fsp3) is 0.390. The number of amides is 1. The lowest BCUT2D eigenvalue weighted by Gasteiger charge is -2.55. The van der Waals surface area contributed by atoms with Gasteiger partial charge in [0.1, 0.15) is 0 Å². The van der Waals surface area contributed by atoms with Gasteiger partial charge >= 0.3 is 5.97 Å². The Balaban J connectivity index is 1.06. The van der Waals surface area contributed by atoms with E-state index in [1.165, 1.54) is 17.8 Å². The summed E-state index contributed by atoms with van der Waals surface area (Å²) in [6, 6.07) is 18.8. The van der Waals surface area contributed by atoms with Gasteiger partial charge in [-0.2, -0.15) is 5.10 Å². The Morgan fingerprint density at radius 3 is 2.72 bits per heavy atom. The number of para-hydroxylation sites is 2. The van der Waals surface area contributed by atoms with Crippen molar-refractivity contribution >= 4 is 49.5 Å². The number of pyridine rings is 1. The number of hydrogen-bond donors (Lipinski definition) is 4. The molecular formula is C41H45N7O4S. The van der Waals surface area contributed by atoms with Crippen LogP contribution in [0.15, 0.2) is 66.9 Å². The minimum Gasteiger partial charge on any atom is -0.476 e. The maximum atomic E-state index is 13.4. The monoisotopic (exact) mass is 731 g/mol. The summed E-state index contributed by atoms with van der Waals surface area (Å²) in [4.78, 5) is 38.7. The fourth-order valence-corrected chi connectivity index (χ4v) is 10.4. The lowest BCUT2D eigenvalue weighted by atomic mass is 9.52. The van der Waals surface area contributed by atoms with E-state index in [4.69, 9.17) is 9.84 Å². The van der Waals surface area contributed by atoms with E-state index in [0.717, 1.165) is 65.6 Å². The predicted octanol–water partition coefficient (Wildman–Crippen LogP) is 8.17. The highest BCUT2D eigenvalue weighted by Gasteiger charge is 2.51. The number of aromatic carboxylic acids is 1. The van der Waals surface area contributed by atoms with Crippen LogP contribution in [0, 0.1) is 23.7 Å². The molecule has 12 heteroatoms. The first-order valence-corrected chi connectivity index (χ1v) is 19.2. The van der Waals surface area contributed by atoms with Crippen molar-refractivity contribution in [3.63, 3.8) is 0 Å². The van der Waals surface area contributed by atoms with Gasteiger partial charge in [-0.1, -0.05) is 49.4 Å². The van der Waals surface area contributed by atoms with E-state index < -0.39 is 5.97 Å². The molecule has 0 saturated heterocycles. The molecule has 1 amide bonds. The number of nitrogens with zero attached hydrogens (tertiary/aromatic N) is 4. The third kappa shape index (κ3) is 6.87. The third-order valence-corrected chi connectivity index (χ3v) is 12.1. The van der Waals surface area contributed by atoms with Crippen molar-refractivity contribution in [2.24, 2.45) is 16.7 Å². The van der Waals surface area contributed by atoms with Crippen LogP contribution < -0.4 is 10.6 Å². The van der Waals surface area contributed by atoms with Crippen LogP contribution in [0.4, 0.5) is 5.13 Å². The molecule has 4 atom stereocenters. The second kappa shape index (κ2) is 13.8. The maximum Gasteiger partial charge on any atom is 0.355 e. The van der Waals surface area contributed by atoms with Gasteiger partial charge in [0, 0.05) is 35.3 Å². The van der Waals surface area contributed by atoms with Crippen molar-refractivity contribution in [1.82, 2.24) is 30.0 Å². The average molecular weight is 732 g/mol. The first-order valence-electron chi connectivity index (χ1n) is 18.3. The number of ether oxygens (including phenoxy) is 1. The van der Waals surface area contributed by atoms with Crippen LogP contribution in [-0.4, -0.2) is 68.0 Å². The molecule has 0 radical (unpaired) electrons. The van der Waals surface area contributed by atoms with E-state index in [1.54, 1.807) is 12.3 Å². The SMILES string of the molecule is CNCCOC1CC2(C)CC(C)CC(Cn3ncc(-c4ccc(-c5cc6cccc(C(=O)Nc7nc8ccccc8s7)c6[nH]5)nc4C(=O)O)c3C)(C1)C2. The number of hydrogen-bond acceptors (Lipinski definition) is 8. The first-order chi connectivity index (χ1) is 25.5. The molecule has 2 aliphatic rings. The normalized spacial score (nSPS) is 22.7. The number of carbonyl (C=O) groups is 2. The standard InChI is InChI=1S/C41H45N7O4S/c1-24-17-40(3)19-27(52-15-14-42-4)20-41(18-24,22-40)23-48-25(2)30(21-43-48)28-12-13-31(44-36(28)38(50)51)33-16-26-8-7-9-29(35(26)45-33)37(49)47-39-46-32-10-5-6-11-34(32)53-39/h5-13,16,21,24,27,42,45H,14-15,17-20,22-23H2,1-4H3,(H,50,51)(H,46,47,49). The zero-order valence-corrected chi connectivity index (χ0v) is 31.3. The molecule has 0 aliphatic heterocycles. The van der Waals surface area contributed by atoms with Gasteiger partial charge in [0.15, 0.2) is 10.8 Å². The molecule has 2 aliphatic carbocycles. The van der Waals surface area contributed by atoms with Gasteiger partial charge in [-0.25, -0.2) is 14.8 Å². The number of thiazole rings is 1. The van der Waals surface area contributed by atoms with Gasteiger partial charge in [0.25, 0.3) is 5.91 Å². The Morgan fingerprint density at radius 1 is 1.06 bits per heavy atom. The molecule has 2 aromatic carbocycles. The molecule has 53 heavy (non-hydrogen) atoms. The summed E-state index contributed by atoms with van der Waals surface area (Å²) in [6.45, 7) is 9.12. The molecule has 8 rings (SSSR count). The largest absolute Gasteiger partial charge is 0.476 e. The highest BCUT2D eigenvalue weighted by molar-refractivity contribution is 7.22. The van der Waals surface area contributed by atoms with Crippen molar-refractivity contribution < 1.29 is 19.4 Å². The summed E-state index contributed by atoms with van der Waals surface area (Å²) in [6.07, 6.45) is 7.54. The van der Waals surface area contributed by atoms with Crippen LogP contribution in [0.25, 0.3) is 43.6 Å². The third-order valence-electron chi connectivity index (χ3n) is 11.2. The van der Waals surface area contributed by atoms with Crippen LogP contribution >= 0.6 is 11.3 Å². The van der Waals surface area contributed by atoms with Crippen molar-refractivity contribution in [3.05, 3.63) is 83.8 Å². The predicted molar refractivity (Wildman–Crippen MR) is 208 cm³/mol. The van der Waals surface area contributed by atoms with Gasteiger partial charge in [-0.15, -0.1) is 0 Å². The Bertz CT molecular complexity index is 2310. The number of carboxylic acids is 1. The van der Waals surface area contributed by atoms with Crippen LogP contribution in [0.1, 0.15) is 72.5 Å². The van der Waals surface area contributed by atoms with E-state index >= 15 is 0 Å². The van der Waals surface area contributed by atoms with Crippen molar-refractivity contribution in [2.75, 3.05) is 25.5 Å². The molecule has 2 saturated carbocycles. The molecule has 4 N–H and O–H groups in total. The summed E-state index contributed by atoms with van der Waals surface area (Å²) in [7, 11) is 1.95. The fourth-order valence-electron chi connectivity index (χ4n) is 9.50. The molecule has 4 aromatic heterocycles. The minimum absolute atomic E-state index is 0.0506. The second-order valence-corrected chi connectivity index (χ2v) is 16.6. The summed E-state index contributed by atoms with van der Waals surface area (Å²) in [5, 5.41) is 22.7. The Kier molecular flexibility index (Phi) is 9.16. The number of aromatic nitrogens is 5. The molecule has 0 spiro atoms. The Morgan fingerprint density at radius 2 is 1.91 bits per heavy atom. The zero-order chi connectivity index (χ0) is 36.9. The number of nitrogens with one attached hydrogen (secondary N) is 3. The quantitative estimate of drug-likeness (QED) is 0.0977. The van der Waals surface area contributed by atoms with Crippen molar-refractivity contribution in [1.29, 1.82) is 0 Å². The Labute approximate surface area is 312 Å². The van der Waals surface area contributed by atoms with Gasteiger partial charge in [-0.3, -0.25) is 14.8 Å². The molecule has 6 aromatic rings. The van der Waals surface area contributed by atoms with Crippen LogP contribution in [0.5, 0.6) is 0 Å². The van der Waals surface area contributed by atoms with Gasteiger partial charge < -0.3 is 20.1 Å². The summed E-state index contributed by atoms with van der Waals surface area (Å²) in [5.74, 6) is -0.793. The average Bonchev–Trinajstić information content (AvgIpc) is 3.83. The summed E-state index contributed by atoms with van der Waals surface area (Å²) in [5.41, 5.74) is 5.41. The van der Waals surface area contributed by atoms with Crippen LogP contribution in [-0.2, 0) is 11.3 Å². The molecule has 2 fully saturated rings. The molecule has 4 unspecified atom stereocenters. The topological polar surface area (TPSA) is 147 Å². The molecular weight excluding hydrogens is 687 g/mol. The minimum atomic E-state index is -1.12. The van der Waals surface area contributed by atoms with Gasteiger partial charge in [0.05, 0.1) is 51.6 Å². The van der Waals surface area contributed by atoms with Gasteiger partial charge in [-0.05, 0) is 99.2 Å². The number of carbonyl (C=O) groups excluding carboxylic acids is 1. The van der Waals surface area contributed by atoms with E-state index in [1.807, 2.05) is 68.6 Å². The molecule has 11 nitrogen and oxygen atoms in total. The number of anilines is 1. The van der Waals surface area contributed by atoms with E-state index in [0.29, 0.717) is 45.7 Å². The number of benzene rings is 2. The smallest absolute Gasteiger partial charge is 0.355 e. The Hall–Kier alpha value is -4.91. The number of fused-ring (bicyclic) bond motifs is 4. The number of H-pyrrole nitrogens is 1. The zero-order valence-electron chi connectivity index (χ0n) is 30.5. The lowest BCUT2D eigenvalue weighted by molar-refractivity contribution is -0.109. The highest BCUT2D eigenvalue weighted by Crippen LogP contribution is 2.58. The number of aromatic amines is 1. The lowest BCUT2D eigenvalue weighted by Crippen LogP contribution is -2.49. The van der Waals surface area contributed by atoms with E-state index in [-0.39, 0.29) is 28.5 Å². The molecule has 274 valence electrons.